The molecule has 2 N–H and O–H groups in total. The van der Waals surface area contributed by atoms with Crippen molar-refractivity contribution in [3.8, 4) is 0 Å². The number of aliphatic hydroxyl groups excluding tert-OH is 1. The van der Waals surface area contributed by atoms with Gasteiger partial charge in [-0.15, -0.1) is 0 Å². The zero-order valence-corrected chi connectivity index (χ0v) is 10.1. The predicted octanol–water partition coefficient (Wildman–Crippen LogP) is 2.17. The molecule has 0 aliphatic heterocycles. The van der Waals surface area contributed by atoms with E-state index in [2.05, 4.69) is 33.0 Å². The van der Waals surface area contributed by atoms with Crippen LogP contribution >= 0.6 is 0 Å². The maximum absolute atomic E-state index is 9.39. The Morgan fingerprint density at radius 2 is 2.07 bits per heavy atom. The number of hydrogen-bond donors (Lipinski definition) is 2. The second kappa shape index (κ2) is 4.19. The number of nitrogens with one attached hydrogen (secondary N) is 1. The summed E-state index contributed by atoms with van der Waals surface area (Å²) in [6.45, 7) is 10.3. The van der Waals surface area contributed by atoms with Crippen LogP contribution in [0.5, 0.6) is 0 Å². The molecule has 0 radical (unpaired) electrons. The first-order valence-electron chi connectivity index (χ1n) is 5.72. The first kappa shape index (κ1) is 12.0. The summed E-state index contributed by atoms with van der Waals surface area (Å²) in [5.41, 5.74) is 0.449. The van der Waals surface area contributed by atoms with E-state index in [9.17, 15) is 5.11 Å². The first-order chi connectivity index (χ1) is 6.37. The second-order valence-corrected chi connectivity index (χ2v) is 6.20. The first-order valence-corrected chi connectivity index (χ1v) is 5.72. The van der Waals surface area contributed by atoms with Gasteiger partial charge in [-0.2, -0.15) is 0 Å². The summed E-state index contributed by atoms with van der Waals surface area (Å²) in [4.78, 5) is 0. The Kier molecular flexibility index (Phi) is 3.59. The normalized spacial score (nSPS) is 33.6. The van der Waals surface area contributed by atoms with Crippen molar-refractivity contribution in [3.05, 3.63) is 0 Å². The zero-order valence-electron chi connectivity index (χ0n) is 10.1. The Morgan fingerprint density at radius 3 is 2.57 bits per heavy atom. The molecule has 2 atom stereocenters. The fourth-order valence-corrected chi connectivity index (χ4v) is 2.20. The third-order valence-corrected chi connectivity index (χ3v) is 3.32. The lowest BCUT2D eigenvalue weighted by Gasteiger charge is -2.32. The molecule has 2 heteroatoms. The van der Waals surface area contributed by atoms with Crippen LogP contribution in [0.25, 0.3) is 0 Å². The Labute approximate surface area is 88.1 Å². The van der Waals surface area contributed by atoms with Gasteiger partial charge in [-0.25, -0.2) is 0 Å². The van der Waals surface area contributed by atoms with Gasteiger partial charge in [-0.1, -0.05) is 34.1 Å². The summed E-state index contributed by atoms with van der Waals surface area (Å²) in [7, 11) is 0. The van der Waals surface area contributed by atoms with Gasteiger partial charge in [0, 0.05) is 24.6 Å². The van der Waals surface area contributed by atoms with E-state index in [0.717, 1.165) is 13.0 Å². The van der Waals surface area contributed by atoms with E-state index in [4.69, 9.17) is 0 Å². The van der Waals surface area contributed by atoms with E-state index in [1.165, 1.54) is 12.8 Å². The van der Waals surface area contributed by atoms with Crippen LogP contribution in [0.1, 0.15) is 47.0 Å². The number of hydrogen-bond acceptors (Lipinski definition) is 2. The molecule has 0 aromatic heterocycles. The fraction of sp³-hybridized carbons (Fsp3) is 1.00. The second-order valence-electron chi connectivity index (χ2n) is 6.20. The molecule has 0 bridgehead atoms. The molecule has 1 aliphatic carbocycles. The van der Waals surface area contributed by atoms with Crippen molar-refractivity contribution in [2.24, 2.45) is 10.8 Å². The Morgan fingerprint density at radius 1 is 1.43 bits per heavy atom. The summed E-state index contributed by atoms with van der Waals surface area (Å²) in [6, 6.07) is 0.506. The van der Waals surface area contributed by atoms with Crippen LogP contribution in [-0.2, 0) is 0 Å². The van der Waals surface area contributed by atoms with Crippen molar-refractivity contribution in [3.63, 3.8) is 0 Å². The molecule has 1 rings (SSSR count). The van der Waals surface area contributed by atoms with Gasteiger partial charge in [0.25, 0.3) is 0 Å². The molecule has 1 saturated carbocycles. The summed E-state index contributed by atoms with van der Waals surface area (Å²) in [5, 5.41) is 13.0. The van der Waals surface area contributed by atoms with Gasteiger partial charge in [0.2, 0.25) is 0 Å². The third kappa shape index (κ3) is 2.96. The van der Waals surface area contributed by atoms with Gasteiger partial charge in [-0.05, 0) is 18.3 Å². The zero-order chi connectivity index (χ0) is 10.8. The van der Waals surface area contributed by atoms with Crippen LogP contribution in [0, 0.1) is 10.8 Å². The molecule has 84 valence electrons. The van der Waals surface area contributed by atoms with Crippen LogP contribution in [-0.4, -0.2) is 24.3 Å². The van der Waals surface area contributed by atoms with Crippen LogP contribution in [0.3, 0.4) is 0 Å². The minimum absolute atomic E-state index is 0.116. The van der Waals surface area contributed by atoms with Crippen molar-refractivity contribution >= 4 is 0 Å². The van der Waals surface area contributed by atoms with Crippen LogP contribution in [0.2, 0.25) is 0 Å². The van der Waals surface area contributed by atoms with E-state index in [0.29, 0.717) is 18.1 Å². The lowest BCUT2D eigenvalue weighted by atomic mass is 9.85. The molecule has 2 nitrogen and oxygen atoms in total. The molecular formula is C12H25NO. The van der Waals surface area contributed by atoms with Crippen LogP contribution in [0.4, 0.5) is 0 Å². The maximum atomic E-state index is 9.39. The highest BCUT2D eigenvalue weighted by Crippen LogP contribution is 2.37. The predicted molar refractivity (Wildman–Crippen MR) is 60.3 cm³/mol. The Balaban J connectivity index is 2.44. The van der Waals surface area contributed by atoms with Gasteiger partial charge in [0.1, 0.15) is 0 Å². The molecule has 0 aromatic carbocycles. The number of aliphatic hydroxyl groups is 1. The maximum Gasteiger partial charge on any atom is 0.0499 e. The van der Waals surface area contributed by atoms with Crippen molar-refractivity contribution in [2.45, 2.75) is 53.0 Å². The summed E-state index contributed by atoms with van der Waals surface area (Å²) < 4.78 is 0. The van der Waals surface area contributed by atoms with Crippen LogP contribution in [0.15, 0.2) is 0 Å². The highest BCUT2D eigenvalue weighted by Gasteiger charge is 2.38. The van der Waals surface area contributed by atoms with Crippen molar-refractivity contribution in [1.82, 2.24) is 5.32 Å². The fourth-order valence-electron chi connectivity index (χ4n) is 2.20. The smallest absolute Gasteiger partial charge is 0.0499 e. The van der Waals surface area contributed by atoms with E-state index in [-0.39, 0.29) is 5.41 Å². The van der Waals surface area contributed by atoms with Crippen molar-refractivity contribution in [1.29, 1.82) is 0 Å². The number of rotatable bonds is 3. The lowest BCUT2D eigenvalue weighted by Crippen LogP contribution is -2.44. The quantitative estimate of drug-likeness (QED) is 0.730. The topological polar surface area (TPSA) is 32.3 Å². The SMILES string of the molecule is CC(C)(C)CNC1CCCC1(C)CO. The van der Waals surface area contributed by atoms with E-state index in [1.807, 2.05) is 0 Å². The molecule has 0 heterocycles. The summed E-state index contributed by atoms with van der Waals surface area (Å²) in [6.07, 6.45) is 3.62. The van der Waals surface area contributed by atoms with Crippen LogP contribution < -0.4 is 5.32 Å². The van der Waals surface area contributed by atoms with Gasteiger partial charge < -0.3 is 10.4 Å². The van der Waals surface area contributed by atoms with E-state index >= 15 is 0 Å². The monoisotopic (exact) mass is 199 g/mol. The van der Waals surface area contributed by atoms with Gasteiger partial charge in [0.05, 0.1) is 0 Å². The molecule has 0 aromatic rings. The largest absolute Gasteiger partial charge is 0.396 e. The minimum Gasteiger partial charge on any atom is -0.396 e. The minimum atomic E-state index is 0.116. The molecule has 1 fully saturated rings. The summed E-state index contributed by atoms with van der Waals surface area (Å²) >= 11 is 0. The molecule has 14 heavy (non-hydrogen) atoms. The molecule has 1 aliphatic rings. The summed E-state index contributed by atoms with van der Waals surface area (Å²) in [5.74, 6) is 0. The highest BCUT2D eigenvalue weighted by molar-refractivity contribution is 4.93. The molecule has 0 amide bonds. The van der Waals surface area contributed by atoms with E-state index in [1.54, 1.807) is 0 Å². The molecule has 0 spiro atoms. The highest BCUT2D eigenvalue weighted by atomic mass is 16.3. The van der Waals surface area contributed by atoms with E-state index < -0.39 is 0 Å². The van der Waals surface area contributed by atoms with Gasteiger partial charge in [0.15, 0.2) is 0 Å². The van der Waals surface area contributed by atoms with Gasteiger partial charge in [-0.3, -0.25) is 0 Å². The van der Waals surface area contributed by atoms with Crippen molar-refractivity contribution in [2.75, 3.05) is 13.2 Å². The molecular weight excluding hydrogens is 174 g/mol. The van der Waals surface area contributed by atoms with Gasteiger partial charge >= 0.3 is 0 Å². The standard InChI is InChI=1S/C12H25NO/c1-11(2,3)8-13-10-6-5-7-12(10,4)9-14/h10,13-14H,5-9H2,1-4H3. The lowest BCUT2D eigenvalue weighted by molar-refractivity contribution is 0.114. The third-order valence-electron chi connectivity index (χ3n) is 3.32. The molecule has 0 saturated heterocycles. The average Bonchev–Trinajstić information content (AvgIpc) is 2.43. The van der Waals surface area contributed by atoms with Crippen molar-refractivity contribution < 1.29 is 5.11 Å². The molecule has 2 unspecified atom stereocenters. The Bertz CT molecular complexity index is 185. The average molecular weight is 199 g/mol. The Hall–Kier alpha value is -0.0800.